The number of hydrogen-bond donors (Lipinski definition) is 1. The van der Waals surface area contributed by atoms with Gasteiger partial charge in [0.25, 0.3) is 0 Å². The number of benzene rings is 1. The smallest absolute Gasteiger partial charge is 0.338 e. The molecule has 0 aliphatic heterocycles. The summed E-state index contributed by atoms with van der Waals surface area (Å²) in [6.45, 7) is 6.24. The molecule has 24 heavy (non-hydrogen) atoms. The Hall–Kier alpha value is -1.68. The standard InChI is InChI=1S/C20H28O4/c1-14(2)16-9-11-20(3,18(22)13-16)17(21)10-12-24-19(23)15-7-5-4-6-8-15/h4-8,14,16-17,21H,9-13H2,1-3H3/t16-,17-,20-/m1/s1. The van der Waals surface area contributed by atoms with Crippen LogP contribution in [0, 0.1) is 17.3 Å². The van der Waals surface area contributed by atoms with Gasteiger partial charge in [-0.2, -0.15) is 0 Å². The van der Waals surface area contributed by atoms with Crippen LogP contribution in [0.2, 0.25) is 0 Å². The van der Waals surface area contributed by atoms with E-state index in [0.29, 0.717) is 30.2 Å². The maximum atomic E-state index is 12.5. The molecule has 132 valence electrons. The highest BCUT2D eigenvalue weighted by Gasteiger charge is 2.44. The zero-order chi connectivity index (χ0) is 17.7. The van der Waals surface area contributed by atoms with Gasteiger partial charge in [0.1, 0.15) is 5.78 Å². The van der Waals surface area contributed by atoms with Crippen molar-refractivity contribution in [2.24, 2.45) is 17.3 Å². The number of hydrogen-bond acceptors (Lipinski definition) is 4. The van der Waals surface area contributed by atoms with Crippen molar-refractivity contribution in [1.82, 2.24) is 0 Å². The SMILES string of the molecule is CC(C)[C@@H]1CC[C@](C)([C@H](O)CCOC(=O)c2ccccc2)C(=O)C1. The average molecular weight is 332 g/mol. The van der Waals surface area contributed by atoms with Gasteiger partial charge in [-0.1, -0.05) is 39.0 Å². The zero-order valence-electron chi connectivity index (χ0n) is 14.8. The lowest BCUT2D eigenvalue weighted by Crippen LogP contribution is -2.45. The lowest BCUT2D eigenvalue weighted by Gasteiger charge is -2.40. The van der Waals surface area contributed by atoms with Crippen LogP contribution in [0.4, 0.5) is 0 Å². The van der Waals surface area contributed by atoms with E-state index in [1.807, 2.05) is 13.0 Å². The van der Waals surface area contributed by atoms with Crippen molar-refractivity contribution in [1.29, 1.82) is 0 Å². The van der Waals surface area contributed by atoms with Crippen LogP contribution in [0.25, 0.3) is 0 Å². The van der Waals surface area contributed by atoms with Crippen molar-refractivity contribution in [2.45, 2.75) is 52.6 Å². The van der Waals surface area contributed by atoms with E-state index in [-0.39, 0.29) is 18.8 Å². The van der Waals surface area contributed by atoms with Crippen LogP contribution < -0.4 is 0 Å². The number of esters is 1. The van der Waals surface area contributed by atoms with Crippen LogP contribution in [0.5, 0.6) is 0 Å². The number of carbonyl (C=O) groups is 2. The van der Waals surface area contributed by atoms with E-state index >= 15 is 0 Å². The van der Waals surface area contributed by atoms with Crippen molar-refractivity contribution < 1.29 is 19.4 Å². The first-order chi connectivity index (χ1) is 11.3. The highest BCUT2D eigenvalue weighted by molar-refractivity contribution is 5.89. The predicted molar refractivity (Wildman–Crippen MR) is 92.6 cm³/mol. The van der Waals surface area contributed by atoms with Crippen LogP contribution in [-0.2, 0) is 9.53 Å². The van der Waals surface area contributed by atoms with Crippen LogP contribution in [-0.4, -0.2) is 29.6 Å². The fourth-order valence-electron chi connectivity index (χ4n) is 3.36. The van der Waals surface area contributed by atoms with E-state index in [0.717, 1.165) is 6.42 Å². The molecule has 1 aromatic carbocycles. The van der Waals surface area contributed by atoms with E-state index in [4.69, 9.17) is 4.74 Å². The van der Waals surface area contributed by atoms with Gasteiger partial charge in [-0.3, -0.25) is 4.79 Å². The van der Waals surface area contributed by atoms with Crippen LogP contribution in [0.3, 0.4) is 0 Å². The first-order valence-electron chi connectivity index (χ1n) is 8.78. The molecule has 0 spiro atoms. The molecule has 1 aromatic rings. The second kappa shape index (κ2) is 7.93. The number of ether oxygens (including phenoxy) is 1. The fourth-order valence-corrected chi connectivity index (χ4v) is 3.36. The Kier molecular flexibility index (Phi) is 6.16. The number of ketones is 1. The molecule has 0 aromatic heterocycles. The quantitative estimate of drug-likeness (QED) is 0.808. The molecule has 1 fully saturated rings. The van der Waals surface area contributed by atoms with Crippen LogP contribution in [0.15, 0.2) is 30.3 Å². The fraction of sp³-hybridized carbons (Fsp3) is 0.600. The summed E-state index contributed by atoms with van der Waals surface area (Å²) in [4.78, 5) is 24.4. The Labute approximate surface area is 144 Å². The molecule has 0 unspecified atom stereocenters. The highest BCUT2D eigenvalue weighted by Crippen LogP contribution is 2.41. The topological polar surface area (TPSA) is 63.6 Å². The highest BCUT2D eigenvalue weighted by atomic mass is 16.5. The Morgan fingerprint density at radius 2 is 2.00 bits per heavy atom. The molecular weight excluding hydrogens is 304 g/mol. The molecule has 0 saturated heterocycles. The van der Waals surface area contributed by atoms with Gasteiger partial charge in [0.2, 0.25) is 0 Å². The Morgan fingerprint density at radius 3 is 2.58 bits per heavy atom. The third-order valence-corrected chi connectivity index (χ3v) is 5.43. The van der Waals surface area contributed by atoms with Gasteiger partial charge in [-0.05, 0) is 36.8 Å². The molecule has 0 bridgehead atoms. The van der Waals surface area contributed by atoms with Crippen LogP contribution in [0.1, 0.15) is 56.8 Å². The maximum Gasteiger partial charge on any atom is 0.338 e. The van der Waals surface area contributed by atoms with Crippen molar-refractivity contribution >= 4 is 11.8 Å². The lowest BCUT2D eigenvalue weighted by atomic mass is 9.65. The minimum Gasteiger partial charge on any atom is -0.462 e. The van der Waals surface area contributed by atoms with E-state index in [2.05, 4.69) is 13.8 Å². The first-order valence-corrected chi connectivity index (χ1v) is 8.78. The molecule has 4 nitrogen and oxygen atoms in total. The minimum atomic E-state index is -0.776. The normalized spacial score (nSPS) is 25.5. The number of aliphatic hydroxyl groups is 1. The summed E-state index contributed by atoms with van der Waals surface area (Å²) in [5.41, 5.74) is -0.225. The van der Waals surface area contributed by atoms with Gasteiger partial charge in [0.15, 0.2) is 0 Å². The van der Waals surface area contributed by atoms with Crippen molar-refractivity contribution in [3.8, 4) is 0 Å². The summed E-state index contributed by atoms with van der Waals surface area (Å²) in [6, 6.07) is 8.77. The molecule has 3 atom stereocenters. The van der Waals surface area contributed by atoms with Crippen molar-refractivity contribution in [3.63, 3.8) is 0 Å². The van der Waals surface area contributed by atoms with E-state index in [1.54, 1.807) is 24.3 Å². The van der Waals surface area contributed by atoms with Gasteiger partial charge < -0.3 is 9.84 Å². The Morgan fingerprint density at radius 1 is 1.33 bits per heavy atom. The summed E-state index contributed by atoms with van der Waals surface area (Å²) in [5, 5.41) is 10.5. The van der Waals surface area contributed by atoms with Crippen molar-refractivity contribution in [2.75, 3.05) is 6.61 Å². The summed E-state index contributed by atoms with van der Waals surface area (Å²) in [7, 11) is 0. The average Bonchev–Trinajstić information content (AvgIpc) is 2.57. The zero-order valence-corrected chi connectivity index (χ0v) is 14.8. The third kappa shape index (κ3) is 4.23. The molecule has 1 N–H and O–H groups in total. The largest absolute Gasteiger partial charge is 0.462 e. The molecule has 0 radical (unpaired) electrons. The Balaban J connectivity index is 1.85. The van der Waals surface area contributed by atoms with E-state index < -0.39 is 17.5 Å². The van der Waals surface area contributed by atoms with Gasteiger partial charge in [-0.25, -0.2) is 4.79 Å². The van der Waals surface area contributed by atoms with Gasteiger partial charge >= 0.3 is 5.97 Å². The molecule has 1 aliphatic carbocycles. The van der Waals surface area contributed by atoms with Crippen molar-refractivity contribution in [3.05, 3.63) is 35.9 Å². The van der Waals surface area contributed by atoms with E-state index in [9.17, 15) is 14.7 Å². The predicted octanol–water partition coefficient (Wildman–Crippen LogP) is 3.63. The second-order valence-corrected chi connectivity index (χ2v) is 7.39. The maximum absolute atomic E-state index is 12.5. The van der Waals surface area contributed by atoms with E-state index in [1.165, 1.54) is 0 Å². The summed E-state index contributed by atoms with van der Waals surface area (Å²) < 4.78 is 5.22. The molecule has 2 rings (SSSR count). The minimum absolute atomic E-state index is 0.116. The molecule has 4 heteroatoms. The van der Waals surface area contributed by atoms with Gasteiger partial charge in [-0.15, -0.1) is 0 Å². The third-order valence-electron chi connectivity index (χ3n) is 5.43. The first kappa shape index (κ1) is 18.7. The lowest BCUT2D eigenvalue weighted by molar-refractivity contribution is -0.141. The summed E-state index contributed by atoms with van der Waals surface area (Å²) in [5.74, 6) is 0.633. The molecule has 1 aliphatic rings. The summed E-state index contributed by atoms with van der Waals surface area (Å²) >= 11 is 0. The molecule has 1 saturated carbocycles. The van der Waals surface area contributed by atoms with Gasteiger partial charge in [0, 0.05) is 12.8 Å². The number of aliphatic hydroxyl groups excluding tert-OH is 1. The number of rotatable bonds is 6. The van der Waals surface area contributed by atoms with Gasteiger partial charge in [0.05, 0.1) is 23.7 Å². The Bertz CT molecular complexity index is 566. The van der Waals surface area contributed by atoms with Crippen LogP contribution >= 0.6 is 0 Å². The molecular formula is C20H28O4. The summed E-state index contributed by atoms with van der Waals surface area (Å²) in [6.07, 6.45) is 1.70. The molecule has 0 heterocycles. The monoisotopic (exact) mass is 332 g/mol. The second-order valence-electron chi connectivity index (χ2n) is 7.39. The number of carbonyl (C=O) groups excluding carboxylic acids is 2. The number of Topliss-reactive ketones (excluding diaryl/α,β-unsaturated/α-hetero) is 1. The molecule has 0 amide bonds.